The van der Waals surface area contributed by atoms with E-state index in [1.165, 1.54) is 16.7 Å². The second-order valence-electron chi connectivity index (χ2n) is 5.26. The van der Waals surface area contributed by atoms with Gasteiger partial charge in [-0.3, -0.25) is 4.90 Å². The normalized spacial score (nSPS) is 14.2. The van der Waals surface area contributed by atoms with Gasteiger partial charge in [-0.25, -0.2) is 0 Å². The number of nitrogens with two attached hydrogens (primary N) is 1. The highest BCUT2D eigenvalue weighted by Crippen LogP contribution is 2.28. The number of nitrogens with zero attached hydrogens (tertiary/aromatic N) is 1. The molecule has 2 N–H and O–H groups in total. The molecule has 2 aromatic rings. The van der Waals surface area contributed by atoms with E-state index >= 15 is 0 Å². The summed E-state index contributed by atoms with van der Waals surface area (Å²) in [6, 6.07) is 14.4. The van der Waals surface area contributed by atoms with E-state index in [-0.39, 0.29) is 0 Å². The number of nitrogen functional groups attached to an aromatic ring is 1. The molecule has 0 aromatic heterocycles. The first-order valence-electron chi connectivity index (χ1n) is 6.98. The predicted molar refractivity (Wildman–Crippen MR) is 81.7 cm³/mol. The third-order valence-electron chi connectivity index (χ3n) is 3.97. The molecule has 0 atom stereocenters. The lowest BCUT2D eigenvalue weighted by atomic mass is 10.1. The summed E-state index contributed by atoms with van der Waals surface area (Å²) >= 11 is 0. The highest BCUT2D eigenvalue weighted by molar-refractivity contribution is 5.52. The van der Waals surface area contributed by atoms with E-state index in [2.05, 4.69) is 23.1 Å². The van der Waals surface area contributed by atoms with Crippen LogP contribution in [0.3, 0.4) is 0 Å². The van der Waals surface area contributed by atoms with Crippen molar-refractivity contribution < 1.29 is 4.74 Å². The average molecular weight is 268 g/mol. The lowest BCUT2D eigenvalue weighted by Crippen LogP contribution is -2.19. The Balaban J connectivity index is 1.65. The minimum absolute atomic E-state index is 0.919. The van der Waals surface area contributed by atoms with Crippen molar-refractivity contribution in [2.45, 2.75) is 19.5 Å². The monoisotopic (exact) mass is 268 g/mol. The smallest absolute Gasteiger partial charge is 0.122 e. The molecule has 2 aromatic carbocycles. The minimum Gasteiger partial charge on any atom is -0.496 e. The molecule has 0 amide bonds. The Labute approximate surface area is 120 Å². The fourth-order valence-electron chi connectivity index (χ4n) is 2.86. The molecule has 3 nitrogen and oxygen atoms in total. The van der Waals surface area contributed by atoms with Crippen molar-refractivity contribution in [1.29, 1.82) is 0 Å². The Morgan fingerprint density at radius 2 is 1.95 bits per heavy atom. The number of methoxy groups -OCH3 is 1. The van der Waals surface area contributed by atoms with Gasteiger partial charge in [-0.05, 0) is 35.2 Å². The molecule has 1 aliphatic rings. The molecular formula is C17H20N2O. The molecular weight excluding hydrogens is 248 g/mol. The van der Waals surface area contributed by atoms with Crippen LogP contribution in [0.15, 0.2) is 42.5 Å². The molecule has 104 valence electrons. The van der Waals surface area contributed by atoms with Gasteiger partial charge in [0.15, 0.2) is 0 Å². The maximum Gasteiger partial charge on any atom is 0.122 e. The maximum absolute atomic E-state index is 6.04. The lowest BCUT2D eigenvalue weighted by Gasteiger charge is -2.16. The van der Waals surface area contributed by atoms with Crippen LogP contribution >= 0.6 is 0 Å². The standard InChI is InChI=1S/C17H20N2O/c1-20-17-8-3-2-5-13(17)9-10-19-11-14-6-4-7-16(18)15(14)12-19/h2-8H,9-12,18H2,1H3. The van der Waals surface area contributed by atoms with Crippen molar-refractivity contribution in [3.8, 4) is 5.75 Å². The van der Waals surface area contributed by atoms with Gasteiger partial charge in [0.25, 0.3) is 0 Å². The third-order valence-corrected chi connectivity index (χ3v) is 3.97. The van der Waals surface area contributed by atoms with Crippen molar-refractivity contribution in [3.63, 3.8) is 0 Å². The fraction of sp³-hybridized carbons (Fsp3) is 0.294. The van der Waals surface area contributed by atoms with Crippen molar-refractivity contribution in [3.05, 3.63) is 59.2 Å². The number of hydrogen-bond donors (Lipinski definition) is 1. The molecule has 0 saturated heterocycles. The largest absolute Gasteiger partial charge is 0.496 e. The number of benzene rings is 2. The molecule has 3 heteroatoms. The van der Waals surface area contributed by atoms with Gasteiger partial charge in [-0.15, -0.1) is 0 Å². The Kier molecular flexibility index (Phi) is 3.61. The summed E-state index contributed by atoms with van der Waals surface area (Å²) in [6.45, 7) is 2.97. The predicted octanol–water partition coefficient (Wildman–Crippen LogP) is 2.84. The average Bonchev–Trinajstić information content (AvgIpc) is 2.90. The number of hydrogen-bond acceptors (Lipinski definition) is 3. The summed E-state index contributed by atoms with van der Waals surface area (Å²) < 4.78 is 5.40. The van der Waals surface area contributed by atoms with Gasteiger partial charge < -0.3 is 10.5 Å². The van der Waals surface area contributed by atoms with Crippen LogP contribution in [0.1, 0.15) is 16.7 Å². The van der Waals surface area contributed by atoms with E-state index in [0.717, 1.165) is 37.5 Å². The van der Waals surface area contributed by atoms with Crippen LogP contribution in [0.4, 0.5) is 5.69 Å². The van der Waals surface area contributed by atoms with Gasteiger partial charge in [0.2, 0.25) is 0 Å². The van der Waals surface area contributed by atoms with Gasteiger partial charge >= 0.3 is 0 Å². The van der Waals surface area contributed by atoms with Crippen LogP contribution in [0.25, 0.3) is 0 Å². The molecule has 0 radical (unpaired) electrons. The van der Waals surface area contributed by atoms with E-state index in [9.17, 15) is 0 Å². The van der Waals surface area contributed by atoms with Crippen molar-refractivity contribution >= 4 is 5.69 Å². The summed E-state index contributed by atoms with van der Waals surface area (Å²) in [5.41, 5.74) is 10.9. The van der Waals surface area contributed by atoms with Crippen LogP contribution in [-0.4, -0.2) is 18.6 Å². The van der Waals surface area contributed by atoms with Gasteiger partial charge in [-0.1, -0.05) is 30.3 Å². The Morgan fingerprint density at radius 3 is 2.75 bits per heavy atom. The number of para-hydroxylation sites is 1. The molecule has 0 spiro atoms. The molecule has 0 aliphatic carbocycles. The number of rotatable bonds is 4. The van der Waals surface area contributed by atoms with E-state index in [4.69, 9.17) is 10.5 Å². The highest BCUT2D eigenvalue weighted by Gasteiger charge is 2.20. The quantitative estimate of drug-likeness (QED) is 0.867. The van der Waals surface area contributed by atoms with E-state index in [1.54, 1.807) is 7.11 Å². The molecule has 20 heavy (non-hydrogen) atoms. The number of fused-ring (bicyclic) bond motifs is 1. The highest BCUT2D eigenvalue weighted by atomic mass is 16.5. The number of ether oxygens (including phenoxy) is 1. The zero-order valence-electron chi connectivity index (χ0n) is 11.8. The first kappa shape index (κ1) is 13.0. The van der Waals surface area contributed by atoms with Gasteiger partial charge in [0.05, 0.1) is 7.11 Å². The van der Waals surface area contributed by atoms with Gasteiger partial charge in [0, 0.05) is 25.3 Å². The minimum atomic E-state index is 0.919. The first-order valence-corrected chi connectivity index (χ1v) is 6.98. The summed E-state index contributed by atoms with van der Waals surface area (Å²) in [5, 5.41) is 0. The van der Waals surface area contributed by atoms with Crippen LogP contribution in [0.5, 0.6) is 5.75 Å². The maximum atomic E-state index is 6.04. The van der Waals surface area contributed by atoms with Crippen LogP contribution in [-0.2, 0) is 19.5 Å². The van der Waals surface area contributed by atoms with Crippen LogP contribution < -0.4 is 10.5 Å². The second-order valence-corrected chi connectivity index (χ2v) is 5.26. The molecule has 0 fully saturated rings. The molecule has 1 heterocycles. The Bertz CT molecular complexity index is 610. The second kappa shape index (κ2) is 5.55. The van der Waals surface area contributed by atoms with E-state index in [0.29, 0.717) is 0 Å². The van der Waals surface area contributed by atoms with Gasteiger partial charge in [0.1, 0.15) is 5.75 Å². The Morgan fingerprint density at radius 1 is 1.10 bits per heavy atom. The third kappa shape index (κ3) is 2.49. The fourth-order valence-corrected chi connectivity index (χ4v) is 2.86. The topological polar surface area (TPSA) is 38.5 Å². The summed E-state index contributed by atoms with van der Waals surface area (Å²) in [4.78, 5) is 2.44. The zero-order chi connectivity index (χ0) is 13.9. The van der Waals surface area contributed by atoms with Crippen molar-refractivity contribution in [2.24, 2.45) is 0 Å². The van der Waals surface area contributed by atoms with Crippen molar-refractivity contribution in [1.82, 2.24) is 4.90 Å². The summed E-state index contributed by atoms with van der Waals surface area (Å²) in [6.07, 6.45) is 0.998. The molecule has 0 saturated carbocycles. The summed E-state index contributed by atoms with van der Waals surface area (Å²) in [5.74, 6) is 0.976. The SMILES string of the molecule is COc1ccccc1CCN1Cc2cccc(N)c2C1. The summed E-state index contributed by atoms with van der Waals surface area (Å²) in [7, 11) is 1.73. The van der Waals surface area contributed by atoms with Crippen LogP contribution in [0, 0.1) is 0 Å². The number of anilines is 1. The molecule has 1 aliphatic heterocycles. The van der Waals surface area contributed by atoms with E-state index in [1.807, 2.05) is 24.3 Å². The molecule has 0 bridgehead atoms. The van der Waals surface area contributed by atoms with Crippen LogP contribution in [0.2, 0.25) is 0 Å². The zero-order valence-corrected chi connectivity index (χ0v) is 11.8. The van der Waals surface area contributed by atoms with Gasteiger partial charge in [-0.2, -0.15) is 0 Å². The van der Waals surface area contributed by atoms with Crippen molar-refractivity contribution in [2.75, 3.05) is 19.4 Å². The molecule has 3 rings (SSSR count). The van der Waals surface area contributed by atoms with E-state index < -0.39 is 0 Å². The first-order chi connectivity index (χ1) is 9.78. The lowest BCUT2D eigenvalue weighted by molar-refractivity contribution is 0.286. The Hall–Kier alpha value is -2.00. The molecule has 0 unspecified atom stereocenters.